The highest BCUT2D eigenvalue weighted by Crippen LogP contribution is 2.08. The van der Waals surface area contributed by atoms with Gasteiger partial charge in [-0.1, -0.05) is 12.1 Å². The maximum absolute atomic E-state index is 10.7. The van der Waals surface area contributed by atoms with Crippen LogP contribution < -0.4 is 0 Å². The maximum atomic E-state index is 10.7. The summed E-state index contributed by atoms with van der Waals surface area (Å²) in [6.45, 7) is 2.22. The topological polar surface area (TPSA) is 93.8 Å². The maximum Gasteiger partial charge on any atom is 0.304 e. The third-order valence-corrected chi connectivity index (χ3v) is 2.89. The van der Waals surface area contributed by atoms with Gasteiger partial charge in [0, 0.05) is 19.6 Å². The van der Waals surface area contributed by atoms with E-state index >= 15 is 0 Å². The summed E-state index contributed by atoms with van der Waals surface area (Å²) in [7, 11) is 0. The van der Waals surface area contributed by atoms with E-state index in [-0.39, 0.29) is 19.6 Å². The molecule has 21 heavy (non-hydrogen) atoms. The molecule has 1 aromatic carbocycles. The smallest absolute Gasteiger partial charge is 0.304 e. The molecule has 0 radical (unpaired) electrons. The van der Waals surface area contributed by atoms with Gasteiger partial charge >= 0.3 is 5.97 Å². The van der Waals surface area contributed by atoms with Crippen LogP contribution >= 0.6 is 0 Å². The molecular formula is C15H20N2O4. The van der Waals surface area contributed by atoms with E-state index in [1.165, 1.54) is 0 Å². The molecule has 0 unspecified atom stereocenters. The number of hydrogen-bond acceptors (Lipinski definition) is 5. The summed E-state index contributed by atoms with van der Waals surface area (Å²) in [5, 5.41) is 26.3. The number of nitrogens with zero attached hydrogens (tertiary/aromatic N) is 2. The second-order valence-corrected chi connectivity index (χ2v) is 4.57. The van der Waals surface area contributed by atoms with Crippen molar-refractivity contribution in [2.24, 2.45) is 0 Å². The Morgan fingerprint density at radius 2 is 2.14 bits per heavy atom. The minimum absolute atomic E-state index is 0.0284. The van der Waals surface area contributed by atoms with Crippen molar-refractivity contribution in [2.75, 3.05) is 32.9 Å². The number of nitriles is 1. The van der Waals surface area contributed by atoms with Crippen LogP contribution in [0.15, 0.2) is 24.3 Å². The summed E-state index contributed by atoms with van der Waals surface area (Å²) < 4.78 is 5.21. The number of rotatable bonds is 10. The van der Waals surface area contributed by atoms with Gasteiger partial charge in [-0.25, -0.2) is 0 Å². The molecule has 0 aliphatic heterocycles. The van der Waals surface area contributed by atoms with Gasteiger partial charge in [0.25, 0.3) is 0 Å². The molecule has 114 valence electrons. The van der Waals surface area contributed by atoms with Crippen LogP contribution in [0.1, 0.15) is 17.5 Å². The minimum atomic E-state index is -0.845. The Hall–Kier alpha value is -1.94. The van der Waals surface area contributed by atoms with E-state index in [0.29, 0.717) is 31.8 Å². The zero-order valence-corrected chi connectivity index (χ0v) is 11.9. The molecule has 1 rings (SSSR count). The first kappa shape index (κ1) is 17.1. The minimum Gasteiger partial charge on any atom is -0.481 e. The molecule has 0 aromatic heterocycles. The van der Waals surface area contributed by atoms with E-state index < -0.39 is 5.97 Å². The third-order valence-electron chi connectivity index (χ3n) is 2.89. The average Bonchev–Trinajstić information content (AvgIpc) is 2.49. The van der Waals surface area contributed by atoms with Gasteiger partial charge in [0.05, 0.1) is 37.9 Å². The first-order valence-electron chi connectivity index (χ1n) is 6.77. The van der Waals surface area contributed by atoms with Gasteiger partial charge in [-0.2, -0.15) is 5.26 Å². The van der Waals surface area contributed by atoms with Gasteiger partial charge in [-0.3, -0.25) is 9.69 Å². The van der Waals surface area contributed by atoms with Crippen molar-refractivity contribution in [1.29, 1.82) is 5.26 Å². The van der Waals surface area contributed by atoms with Gasteiger partial charge in [0.1, 0.15) is 0 Å². The molecule has 2 N–H and O–H groups in total. The van der Waals surface area contributed by atoms with Crippen LogP contribution in [0, 0.1) is 11.3 Å². The van der Waals surface area contributed by atoms with Gasteiger partial charge < -0.3 is 14.9 Å². The van der Waals surface area contributed by atoms with Gasteiger partial charge in [0.2, 0.25) is 0 Å². The number of hydrogen-bond donors (Lipinski definition) is 2. The van der Waals surface area contributed by atoms with E-state index in [0.717, 1.165) is 5.56 Å². The third kappa shape index (κ3) is 7.42. The standard InChI is InChI=1S/C15H20N2O4/c16-11-13-2-1-3-14(10-13)12-17(5-4-15(19)20)6-8-21-9-7-18/h1-3,10,18H,4-9,12H2,(H,19,20). The van der Waals surface area contributed by atoms with Gasteiger partial charge in [0.15, 0.2) is 0 Å². The molecule has 0 fully saturated rings. The number of ether oxygens (including phenoxy) is 1. The largest absolute Gasteiger partial charge is 0.481 e. The lowest BCUT2D eigenvalue weighted by Gasteiger charge is -2.21. The Labute approximate surface area is 124 Å². The molecule has 0 atom stereocenters. The Bertz CT molecular complexity index is 485. The van der Waals surface area contributed by atoms with Crippen LogP contribution in [-0.4, -0.2) is 54.0 Å². The molecular weight excluding hydrogens is 272 g/mol. The zero-order chi connectivity index (χ0) is 15.5. The number of carbonyl (C=O) groups is 1. The van der Waals surface area contributed by atoms with Gasteiger partial charge in [-0.15, -0.1) is 0 Å². The van der Waals surface area contributed by atoms with Crippen LogP contribution in [-0.2, 0) is 16.1 Å². The number of aliphatic hydroxyl groups excluding tert-OH is 1. The van der Waals surface area contributed by atoms with Crippen molar-refractivity contribution in [3.8, 4) is 6.07 Å². The van der Waals surface area contributed by atoms with Crippen LogP contribution in [0.2, 0.25) is 0 Å². The molecule has 6 nitrogen and oxygen atoms in total. The molecule has 0 amide bonds. The number of aliphatic carboxylic acids is 1. The van der Waals surface area contributed by atoms with Crippen LogP contribution in [0.5, 0.6) is 0 Å². The number of carboxylic acid groups (broad SMARTS) is 1. The summed E-state index contributed by atoms with van der Waals surface area (Å²) >= 11 is 0. The molecule has 6 heteroatoms. The fourth-order valence-corrected chi connectivity index (χ4v) is 1.88. The fourth-order valence-electron chi connectivity index (χ4n) is 1.88. The first-order valence-corrected chi connectivity index (χ1v) is 6.77. The monoisotopic (exact) mass is 292 g/mol. The molecule has 0 spiro atoms. The van der Waals surface area contributed by atoms with E-state index in [2.05, 4.69) is 6.07 Å². The van der Waals surface area contributed by atoms with Crippen LogP contribution in [0.4, 0.5) is 0 Å². The average molecular weight is 292 g/mol. The normalized spacial score (nSPS) is 10.5. The van der Waals surface area contributed by atoms with Crippen molar-refractivity contribution in [2.45, 2.75) is 13.0 Å². The quantitative estimate of drug-likeness (QED) is 0.621. The van der Waals surface area contributed by atoms with Gasteiger partial charge in [-0.05, 0) is 17.7 Å². The first-order chi connectivity index (χ1) is 10.2. The van der Waals surface area contributed by atoms with E-state index in [9.17, 15) is 4.79 Å². The van der Waals surface area contributed by atoms with Crippen molar-refractivity contribution in [3.63, 3.8) is 0 Å². The molecule has 0 aliphatic carbocycles. The SMILES string of the molecule is N#Cc1cccc(CN(CCOCCO)CCC(=O)O)c1. The van der Waals surface area contributed by atoms with Crippen molar-refractivity contribution < 1.29 is 19.7 Å². The van der Waals surface area contributed by atoms with E-state index in [1.807, 2.05) is 17.0 Å². The Balaban J connectivity index is 2.57. The summed E-state index contributed by atoms with van der Waals surface area (Å²) in [5.74, 6) is -0.845. The summed E-state index contributed by atoms with van der Waals surface area (Å²) in [6, 6.07) is 9.33. The lowest BCUT2D eigenvalue weighted by molar-refractivity contribution is -0.137. The Morgan fingerprint density at radius 1 is 1.33 bits per heavy atom. The molecule has 0 bridgehead atoms. The van der Waals surface area contributed by atoms with Crippen LogP contribution in [0.3, 0.4) is 0 Å². The number of benzene rings is 1. The van der Waals surface area contributed by atoms with E-state index in [1.54, 1.807) is 12.1 Å². The lowest BCUT2D eigenvalue weighted by Crippen LogP contribution is -2.30. The molecule has 1 aromatic rings. The molecule has 0 saturated heterocycles. The van der Waals surface area contributed by atoms with Crippen molar-refractivity contribution in [3.05, 3.63) is 35.4 Å². The summed E-state index contributed by atoms with van der Waals surface area (Å²) in [5.41, 5.74) is 1.55. The van der Waals surface area contributed by atoms with Crippen molar-refractivity contribution in [1.82, 2.24) is 4.90 Å². The predicted molar refractivity (Wildman–Crippen MR) is 76.6 cm³/mol. The highest BCUT2D eigenvalue weighted by Gasteiger charge is 2.09. The van der Waals surface area contributed by atoms with E-state index in [4.69, 9.17) is 20.2 Å². The van der Waals surface area contributed by atoms with Crippen molar-refractivity contribution >= 4 is 5.97 Å². The highest BCUT2D eigenvalue weighted by atomic mass is 16.5. The second kappa shape index (κ2) is 9.88. The van der Waals surface area contributed by atoms with Crippen LogP contribution in [0.25, 0.3) is 0 Å². The summed E-state index contributed by atoms with van der Waals surface area (Å²) in [6.07, 6.45) is 0.0535. The number of carboxylic acids is 1. The Kier molecular flexibility index (Phi) is 8.05. The second-order valence-electron chi connectivity index (χ2n) is 4.57. The highest BCUT2D eigenvalue weighted by molar-refractivity contribution is 5.66. The number of aliphatic hydroxyl groups is 1. The fraction of sp³-hybridized carbons (Fsp3) is 0.467. The molecule has 0 heterocycles. The lowest BCUT2D eigenvalue weighted by atomic mass is 10.1. The molecule has 0 saturated carbocycles. The Morgan fingerprint density at radius 3 is 2.81 bits per heavy atom. The predicted octanol–water partition coefficient (Wildman–Crippen LogP) is 0.844. The zero-order valence-electron chi connectivity index (χ0n) is 11.9. The molecule has 0 aliphatic rings. The summed E-state index contributed by atoms with van der Waals surface area (Å²) in [4.78, 5) is 12.7.